The third-order valence-corrected chi connectivity index (χ3v) is 5.39. The van der Waals surface area contributed by atoms with Gasteiger partial charge < -0.3 is 4.90 Å². The molecule has 6 nitrogen and oxygen atoms in total. The van der Waals surface area contributed by atoms with Gasteiger partial charge in [0.1, 0.15) is 0 Å². The van der Waals surface area contributed by atoms with Crippen molar-refractivity contribution in [3.05, 3.63) is 47.7 Å². The van der Waals surface area contributed by atoms with Gasteiger partial charge in [-0.25, -0.2) is 0 Å². The van der Waals surface area contributed by atoms with Crippen LogP contribution in [0.4, 0.5) is 0 Å². The fourth-order valence-electron chi connectivity index (χ4n) is 3.14. The highest BCUT2D eigenvalue weighted by molar-refractivity contribution is 7.13. The average molecular weight is 341 g/mol. The average Bonchev–Trinajstić information content (AvgIpc) is 3.36. The molecule has 1 aliphatic heterocycles. The van der Waals surface area contributed by atoms with Crippen molar-refractivity contribution in [2.24, 2.45) is 5.92 Å². The summed E-state index contributed by atoms with van der Waals surface area (Å²) in [5.41, 5.74) is 1.41. The Labute approximate surface area is 144 Å². The molecule has 0 aliphatic carbocycles. The zero-order valence-corrected chi connectivity index (χ0v) is 14.1. The molecule has 24 heavy (non-hydrogen) atoms. The molecule has 4 heterocycles. The number of likely N-dealkylation sites (tertiary alicyclic amines) is 1. The van der Waals surface area contributed by atoms with Crippen LogP contribution in [0.1, 0.15) is 23.3 Å². The van der Waals surface area contributed by atoms with Gasteiger partial charge in [-0.1, -0.05) is 6.07 Å². The minimum Gasteiger partial charge on any atom is -0.337 e. The topological polar surface area (TPSA) is 66.8 Å². The van der Waals surface area contributed by atoms with Crippen LogP contribution < -0.4 is 0 Å². The maximum atomic E-state index is 12.6. The molecule has 3 aromatic heterocycles. The Hall–Kier alpha value is -2.41. The fraction of sp³-hybridized carbons (Fsp3) is 0.353. The highest BCUT2D eigenvalue weighted by Gasteiger charge is 2.25. The van der Waals surface area contributed by atoms with Crippen LogP contribution in [0.15, 0.2) is 42.0 Å². The first-order valence-corrected chi connectivity index (χ1v) is 9.03. The van der Waals surface area contributed by atoms with Crippen molar-refractivity contribution in [2.45, 2.75) is 19.4 Å². The van der Waals surface area contributed by atoms with Gasteiger partial charge in [-0.3, -0.25) is 14.6 Å². The predicted molar refractivity (Wildman–Crippen MR) is 92.8 cm³/mol. The first-order valence-electron chi connectivity index (χ1n) is 8.15. The SMILES string of the molecule is O=C(c1cc(-c2cccs2)[nH]n1)N1CCC(Cn2cccn2)CC1. The second-order valence-electron chi connectivity index (χ2n) is 6.11. The lowest BCUT2D eigenvalue weighted by atomic mass is 9.96. The summed E-state index contributed by atoms with van der Waals surface area (Å²) in [4.78, 5) is 15.6. The number of carbonyl (C=O) groups is 1. The summed E-state index contributed by atoms with van der Waals surface area (Å²) in [6.07, 6.45) is 5.82. The molecule has 0 bridgehead atoms. The summed E-state index contributed by atoms with van der Waals surface area (Å²) in [7, 11) is 0. The van der Waals surface area contributed by atoms with Gasteiger partial charge in [0.05, 0.1) is 10.6 Å². The van der Waals surface area contributed by atoms with Gasteiger partial charge in [-0.05, 0) is 42.3 Å². The Bertz CT molecular complexity index is 785. The van der Waals surface area contributed by atoms with Crippen LogP contribution in [0.2, 0.25) is 0 Å². The second kappa shape index (κ2) is 6.60. The Balaban J connectivity index is 1.36. The van der Waals surface area contributed by atoms with Crippen LogP contribution >= 0.6 is 11.3 Å². The van der Waals surface area contributed by atoms with Crippen LogP contribution in [0.3, 0.4) is 0 Å². The number of nitrogens with zero attached hydrogens (tertiary/aromatic N) is 4. The quantitative estimate of drug-likeness (QED) is 0.793. The van der Waals surface area contributed by atoms with E-state index in [1.807, 2.05) is 45.4 Å². The maximum absolute atomic E-state index is 12.6. The molecule has 0 unspecified atom stereocenters. The van der Waals surface area contributed by atoms with Crippen molar-refractivity contribution in [1.82, 2.24) is 24.9 Å². The lowest BCUT2D eigenvalue weighted by Crippen LogP contribution is -2.39. The van der Waals surface area contributed by atoms with Crippen molar-refractivity contribution in [2.75, 3.05) is 13.1 Å². The van der Waals surface area contributed by atoms with E-state index in [2.05, 4.69) is 15.3 Å². The monoisotopic (exact) mass is 341 g/mol. The first-order chi connectivity index (χ1) is 11.8. The minimum atomic E-state index is 0.0200. The van der Waals surface area contributed by atoms with Crippen molar-refractivity contribution in [3.63, 3.8) is 0 Å². The van der Waals surface area contributed by atoms with Crippen LogP contribution in [-0.2, 0) is 6.54 Å². The smallest absolute Gasteiger partial charge is 0.274 e. The lowest BCUT2D eigenvalue weighted by Gasteiger charge is -2.31. The summed E-state index contributed by atoms with van der Waals surface area (Å²) in [5.74, 6) is 0.599. The third kappa shape index (κ3) is 3.12. The number of carbonyl (C=O) groups excluding carboxylic acids is 1. The van der Waals surface area contributed by atoms with E-state index in [0.29, 0.717) is 11.6 Å². The standard InChI is InChI=1S/C17H19N5OS/c23-17(15-11-14(19-20-15)16-3-1-10-24-16)21-8-4-13(5-9-21)12-22-7-2-6-18-22/h1-3,6-7,10-11,13H,4-5,8-9,12H2,(H,19,20). The Morgan fingerprint density at radius 2 is 2.21 bits per heavy atom. The number of piperidine rings is 1. The molecule has 1 fully saturated rings. The van der Waals surface area contributed by atoms with Gasteiger partial charge in [0.2, 0.25) is 0 Å². The third-order valence-electron chi connectivity index (χ3n) is 4.49. The van der Waals surface area contributed by atoms with Gasteiger partial charge in [0.15, 0.2) is 5.69 Å². The summed E-state index contributed by atoms with van der Waals surface area (Å²) in [6, 6.07) is 7.81. The maximum Gasteiger partial charge on any atom is 0.274 e. The zero-order valence-electron chi connectivity index (χ0n) is 13.3. The van der Waals surface area contributed by atoms with Gasteiger partial charge in [-0.2, -0.15) is 10.2 Å². The number of H-pyrrole nitrogens is 1. The summed E-state index contributed by atoms with van der Waals surface area (Å²) >= 11 is 1.63. The molecule has 0 atom stereocenters. The van der Waals surface area contributed by atoms with Crippen molar-refractivity contribution < 1.29 is 4.79 Å². The lowest BCUT2D eigenvalue weighted by molar-refractivity contribution is 0.0675. The molecule has 0 radical (unpaired) electrons. The molecule has 1 saturated heterocycles. The van der Waals surface area contributed by atoms with Gasteiger partial charge in [0, 0.05) is 32.0 Å². The highest BCUT2D eigenvalue weighted by Crippen LogP contribution is 2.24. The van der Waals surface area contributed by atoms with Crippen LogP contribution in [0, 0.1) is 5.92 Å². The summed E-state index contributed by atoms with van der Waals surface area (Å²) in [5, 5.41) is 13.4. The number of nitrogens with one attached hydrogen (secondary N) is 1. The number of thiophene rings is 1. The molecule has 1 amide bonds. The molecule has 0 aromatic carbocycles. The van der Waals surface area contributed by atoms with E-state index in [9.17, 15) is 4.79 Å². The number of aromatic nitrogens is 4. The second-order valence-corrected chi connectivity index (χ2v) is 7.06. The minimum absolute atomic E-state index is 0.0200. The van der Waals surface area contributed by atoms with Crippen LogP contribution in [0.25, 0.3) is 10.6 Å². The van der Waals surface area contributed by atoms with E-state index < -0.39 is 0 Å². The molecule has 1 N–H and O–H groups in total. The van der Waals surface area contributed by atoms with E-state index in [1.165, 1.54) is 0 Å². The number of hydrogen-bond donors (Lipinski definition) is 1. The van der Waals surface area contributed by atoms with Gasteiger partial charge in [0.25, 0.3) is 5.91 Å². The largest absolute Gasteiger partial charge is 0.337 e. The highest BCUT2D eigenvalue weighted by atomic mass is 32.1. The molecule has 0 saturated carbocycles. The molecule has 1 aliphatic rings. The molecular weight excluding hydrogens is 322 g/mol. The number of hydrogen-bond acceptors (Lipinski definition) is 4. The molecule has 124 valence electrons. The predicted octanol–water partition coefficient (Wildman–Crippen LogP) is 2.89. The van der Waals surface area contributed by atoms with Crippen molar-refractivity contribution in [3.8, 4) is 10.6 Å². The summed E-state index contributed by atoms with van der Waals surface area (Å²) < 4.78 is 1.98. The van der Waals surface area contributed by atoms with E-state index >= 15 is 0 Å². The number of rotatable bonds is 4. The van der Waals surface area contributed by atoms with Gasteiger partial charge in [-0.15, -0.1) is 11.3 Å². The molecule has 4 rings (SSSR count). The summed E-state index contributed by atoms with van der Waals surface area (Å²) in [6.45, 7) is 2.50. The molecule has 0 spiro atoms. The van der Waals surface area contributed by atoms with E-state index in [-0.39, 0.29) is 5.91 Å². The zero-order chi connectivity index (χ0) is 16.4. The Morgan fingerprint density at radius 1 is 1.33 bits per heavy atom. The fourth-order valence-corrected chi connectivity index (χ4v) is 3.84. The molecular formula is C17H19N5OS. The Morgan fingerprint density at radius 3 is 2.92 bits per heavy atom. The van der Waals surface area contributed by atoms with Crippen molar-refractivity contribution in [1.29, 1.82) is 0 Å². The molecule has 3 aromatic rings. The van der Waals surface area contributed by atoms with Crippen molar-refractivity contribution >= 4 is 17.2 Å². The normalized spacial score (nSPS) is 15.8. The number of aromatic amines is 1. The van der Waals surface area contributed by atoms with Crippen LogP contribution in [-0.4, -0.2) is 43.9 Å². The van der Waals surface area contributed by atoms with Crippen LogP contribution in [0.5, 0.6) is 0 Å². The van der Waals surface area contributed by atoms with Gasteiger partial charge >= 0.3 is 0 Å². The molecule has 7 heteroatoms. The van der Waals surface area contributed by atoms with E-state index in [1.54, 1.807) is 17.5 Å². The first kappa shape index (κ1) is 15.1. The Kier molecular flexibility index (Phi) is 4.17. The van der Waals surface area contributed by atoms with E-state index in [4.69, 9.17) is 0 Å². The number of amides is 1. The van der Waals surface area contributed by atoms with E-state index in [0.717, 1.165) is 43.0 Å².